The van der Waals surface area contributed by atoms with Crippen LogP contribution >= 0.6 is 7.82 Å². The van der Waals surface area contributed by atoms with Crippen LogP contribution in [0, 0.1) is 0 Å². The number of phosphoric acid groups is 1. The van der Waals surface area contributed by atoms with Gasteiger partial charge < -0.3 is 18.9 Å². The van der Waals surface area contributed by atoms with Gasteiger partial charge in [0.1, 0.15) is 19.8 Å². The number of hydrogen-bond donors (Lipinski definition) is 1. The van der Waals surface area contributed by atoms with Gasteiger partial charge in [0.05, 0.1) is 27.7 Å². The maximum atomic E-state index is 12.8. The minimum absolute atomic E-state index is 0.0327. The molecule has 0 bridgehead atoms. The van der Waals surface area contributed by atoms with Crippen molar-refractivity contribution in [2.45, 2.75) is 354 Å². The van der Waals surface area contributed by atoms with Gasteiger partial charge in [-0.3, -0.25) is 18.6 Å². The minimum atomic E-state index is -4.39. The number of quaternary nitrogens is 1. The van der Waals surface area contributed by atoms with Gasteiger partial charge in [0.25, 0.3) is 0 Å². The van der Waals surface area contributed by atoms with Crippen LogP contribution in [0.1, 0.15) is 348 Å². The monoisotopic (exact) mass is 1150 g/mol. The van der Waals surface area contributed by atoms with Crippen LogP contribution in [0.4, 0.5) is 0 Å². The Hall–Kier alpha value is -1.77. The lowest BCUT2D eigenvalue weighted by Crippen LogP contribution is -2.37. The molecule has 0 aromatic carbocycles. The summed E-state index contributed by atoms with van der Waals surface area (Å²) in [4.78, 5) is 35.8. The summed E-state index contributed by atoms with van der Waals surface area (Å²) in [5.74, 6) is -0.785. The second kappa shape index (κ2) is 61.8. The summed E-state index contributed by atoms with van der Waals surface area (Å²) >= 11 is 0. The van der Waals surface area contributed by atoms with Crippen molar-refractivity contribution in [3.05, 3.63) is 36.5 Å². The van der Waals surface area contributed by atoms with Gasteiger partial charge in [-0.25, -0.2) is 4.57 Å². The Morgan fingerprint density at radius 1 is 0.388 bits per heavy atom. The number of unbranched alkanes of at least 4 members (excludes halogenated alkanes) is 45. The Morgan fingerprint density at radius 3 is 1.02 bits per heavy atom. The summed E-state index contributed by atoms with van der Waals surface area (Å²) in [7, 11) is 1.49. The van der Waals surface area contributed by atoms with Gasteiger partial charge in [0.2, 0.25) is 0 Å². The van der Waals surface area contributed by atoms with Crippen LogP contribution in [0.3, 0.4) is 0 Å². The second-order valence-electron chi connectivity index (χ2n) is 24.9. The summed E-state index contributed by atoms with van der Waals surface area (Å²) in [5.41, 5.74) is 0. The zero-order chi connectivity index (χ0) is 58.4. The van der Waals surface area contributed by atoms with Gasteiger partial charge in [-0.2, -0.15) is 0 Å². The van der Waals surface area contributed by atoms with Crippen LogP contribution in [0.2, 0.25) is 0 Å². The Kier molecular flexibility index (Phi) is 60.4. The number of rotatable bonds is 65. The van der Waals surface area contributed by atoms with E-state index in [-0.39, 0.29) is 25.6 Å². The molecule has 0 spiro atoms. The highest BCUT2D eigenvalue weighted by molar-refractivity contribution is 7.47. The standard InChI is InChI=1S/C70H134NO8P/c1-6-8-10-12-14-16-18-20-22-24-26-27-28-29-30-31-32-33-34-35-36-37-38-39-40-41-42-43-45-46-48-50-52-54-56-58-60-62-69(72)76-66-68(67-78-80(74,75)77-65-64-71(3,4)5)79-70(73)63-61-59-57-55-53-51-49-47-44-25-23-21-19-17-15-13-11-9-7-2/h15,17,21,23-24,26,68H,6-14,16,18-20,22,25,27-67H2,1-5H3/p+1/b17-15-,23-21-,26-24-. The van der Waals surface area contributed by atoms with Crippen molar-refractivity contribution >= 4 is 19.8 Å². The molecule has 0 saturated carbocycles. The molecule has 0 aliphatic rings. The third kappa shape index (κ3) is 65.4. The van der Waals surface area contributed by atoms with E-state index in [4.69, 9.17) is 18.5 Å². The smallest absolute Gasteiger partial charge is 0.462 e. The molecule has 0 amide bonds. The molecule has 0 aliphatic carbocycles. The van der Waals surface area contributed by atoms with Crippen molar-refractivity contribution in [1.29, 1.82) is 0 Å². The third-order valence-corrected chi connectivity index (χ3v) is 16.6. The number of esters is 2. The number of ether oxygens (including phenoxy) is 2. The summed E-state index contributed by atoms with van der Waals surface area (Å²) in [5, 5.41) is 0. The molecule has 9 nitrogen and oxygen atoms in total. The van der Waals surface area contributed by atoms with Crippen LogP contribution in [0.25, 0.3) is 0 Å². The molecule has 0 heterocycles. The lowest BCUT2D eigenvalue weighted by Gasteiger charge is -2.24. The molecular weight excluding hydrogens is 1010 g/mol. The van der Waals surface area contributed by atoms with Gasteiger partial charge in [0.15, 0.2) is 6.10 Å². The van der Waals surface area contributed by atoms with E-state index in [0.29, 0.717) is 23.9 Å². The molecule has 1 N–H and O–H groups in total. The number of allylic oxidation sites excluding steroid dienone is 6. The van der Waals surface area contributed by atoms with Crippen molar-refractivity contribution in [2.75, 3.05) is 47.5 Å². The zero-order valence-electron chi connectivity index (χ0n) is 53.8. The SMILES string of the molecule is CCCCC/C=C\C/C=C\CCCCCCCCCCCC(=O)OC(COC(=O)CCCCCCCCCCCCCCCCCCCCCCCCCCC/C=C\CCCCCCCCCC)COP(=O)(O)OCC[N+](C)(C)C. The molecule has 10 heteroatoms. The molecule has 472 valence electrons. The molecule has 0 aromatic heterocycles. The molecule has 0 saturated heterocycles. The number of carbonyl (C=O) groups is 2. The Balaban J connectivity index is 3.91. The maximum absolute atomic E-state index is 12.8. The first-order valence-electron chi connectivity index (χ1n) is 34.7. The van der Waals surface area contributed by atoms with Crippen LogP contribution in [0.15, 0.2) is 36.5 Å². The highest BCUT2D eigenvalue weighted by Gasteiger charge is 2.27. The number of likely N-dealkylation sites (N-methyl/N-ethyl adjacent to an activating group) is 1. The van der Waals surface area contributed by atoms with E-state index >= 15 is 0 Å². The summed E-state index contributed by atoms with van der Waals surface area (Å²) in [6.45, 7) is 4.46. The normalized spacial score (nSPS) is 13.3. The topological polar surface area (TPSA) is 108 Å². The summed E-state index contributed by atoms with van der Waals surface area (Å²) in [6.07, 6.45) is 78.4. The fourth-order valence-corrected chi connectivity index (χ4v) is 11.0. The Morgan fingerprint density at radius 2 is 0.675 bits per heavy atom. The molecule has 0 radical (unpaired) electrons. The fourth-order valence-electron chi connectivity index (χ4n) is 10.3. The van der Waals surface area contributed by atoms with Gasteiger partial charge in [-0.15, -0.1) is 0 Å². The molecule has 0 aliphatic heterocycles. The molecule has 80 heavy (non-hydrogen) atoms. The third-order valence-electron chi connectivity index (χ3n) is 15.6. The Labute approximate surface area is 497 Å². The van der Waals surface area contributed by atoms with E-state index in [1.165, 1.54) is 270 Å². The van der Waals surface area contributed by atoms with E-state index in [2.05, 4.69) is 50.3 Å². The van der Waals surface area contributed by atoms with E-state index in [1.807, 2.05) is 21.1 Å². The van der Waals surface area contributed by atoms with Crippen LogP contribution in [-0.2, 0) is 32.7 Å². The second-order valence-corrected chi connectivity index (χ2v) is 26.4. The van der Waals surface area contributed by atoms with Crippen LogP contribution < -0.4 is 0 Å². The predicted octanol–water partition coefficient (Wildman–Crippen LogP) is 22.3. The van der Waals surface area contributed by atoms with Gasteiger partial charge in [0, 0.05) is 12.8 Å². The molecule has 2 unspecified atom stereocenters. The summed E-state index contributed by atoms with van der Waals surface area (Å²) in [6, 6.07) is 0. The predicted molar refractivity (Wildman–Crippen MR) is 344 cm³/mol. The zero-order valence-corrected chi connectivity index (χ0v) is 54.7. The number of hydrogen-bond acceptors (Lipinski definition) is 7. The number of phosphoric ester groups is 1. The first-order chi connectivity index (χ1) is 39.0. The molecule has 2 atom stereocenters. The van der Waals surface area contributed by atoms with E-state index in [9.17, 15) is 19.0 Å². The van der Waals surface area contributed by atoms with Gasteiger partial charge in [-0.1, -0.05) is 301 Å². The molecule has 0 rings (SSSR count). The lowest BCUT2D eigenvalue weighted by atomic mass is 10.0. The largest absolute Gasteiger partial charge is 0.472 e. The van der Waals surface area contributed by atoms with Gasteiger partial charge in [-0.05, 0) is 70.6 Å². The number of carbonyl (C=O) groups excluding carboxylic acids is 2. The van der Waals surface area contributed by atoms with E-state index in [0.717, 1.165) is 44.9 Å². The number of nitrogens with zero attached hydrogens (tertiary/aromatic N) is 1. The van der Waals surface area contributed by atoms with Crippen LogP contribution in [0.5, 0.6) is 0 Å². The van der Waals surface area contributed by atoms with Crippen molar-refractivity contribution in [3.8, 4) is 0 Å². The first kappa shape index (κ1) is 78.2. The average molecular weight is 1150 g/mol. The highest BCUT2D eigenvalue weighted by atomic mass is 31.2. The molecule has 0 aromatic rings. The van der Waals surface area contributed by atoms with Gasteiger partial charge >= 0.3 is 19.8 Å². The molecule has 0 fully saturated rings. The van der Waals surface area contributed by atoms with Crippen LogP contribution in [-0.4, -0.2) is 74.9 Å². The van der Waals surface area contributed by atoms with E-state index < -0.39 is 26.5 Å². The highest BCUT2D eigenvalue weighted by Crippen LogP contribution is 2.43. The molecular formula is C70H135NO8P+. The van der Waals surface area contributed by atoms with Crippen molar-refractivity contribution in [3.63, 3.8) is 0 Å². The van der Waals surface area contributed by atoms with Crippen molar-refractivity contribution < 1.29 is 42.1 Å². The van der Waals surface area contributed by atoms with E-state index in [1.54, 1.807) is 0 Å². The average Bonchev–Trinajstić information content (AvgIpc) is 3.42. The maximum Gasteiger partial charge on any atom is 0.472 e. The fraction of sp³-hybridized carbons (Fsp3) is 0.886. The van der Waals surface area contributed by atoms with Crippen molar-refractivity contribution in [2.24, 2.45) is 0 Å². The first-order valence-corrected chi connectivity index (χ1v) is 36.2. The minimum Gasteiger partial charge on any atom is -0.462 e. The summed E-state index contributed by atoms with van der Waals surface area (Å²) < 4.78 is 34.7. The lowest BCUT2D eigenvalue weighted by molar-refractivity contribution is -0.870. The quantitative estimate of drug-likeness (QED) is 0.0211. The van der Waals surface area contributed by atoms with Crippen molar-refractivity contribution in [1.82, 2.24) is 0 Å². The Bertz CT molecular complexity index is 1440.